The van der Waals surface area contributed by atoms with Crippen LogP contribution in [0.2, 0.25) is 10.0 Å². The van der Waals surface area contributed by atoms with Gasteiger partial charge in [0.1, 0.15) is 5.52 Å². The van der Waals surface area contributed by atoms with Crippen LogP contribution in [0.25, 0.3) is 11.1 Å². The number of oxazole rings is 1. The van der Waals surface area contributed by atoms with E-state index in [1.54, 1.807) is 12.1 Å². The molecule has 12 heavy (non-hydrogen) atoms. The second-order valence-electron chi connectivity index (χ2n) is 2.25. The lowest BCUT2D eigenvalue weighted by Gasteiger charge is -1.92. The molecule has 1 heterocycles. The van der Waals surface area contributed by atoms with E-state index in [-0.39, 0.29) is 4.84 Å². The third-order valence-electron chi connectivity index (χ3n) is 1.48. The van der Waals surface area contributed by atoms with Crippen molar-refractivity contribution in [2.45, 2.75) is 0 Å². The Labute approximate surface area is 83.1 Å². The zero-order chi connectivity index (χ0) is 8.72. The largest absolute Gasteiger partial charge is 0.428 e. The van der Waals surface area contributed by atoms with Crippen LogP contribution < -0.4 is 0 Å². The van der Waals surface area contributed by atoms with E-state index in [0.29, 0.717) is 21.1 Å². The molecule has 0 bridgehead atoms. The molecule has 5 heteroatoms. The van der Waals surface area contributed by atoms with E-state index < -0.39 is 0 Å². The average molecular weight is 220 g/mol. The maximum absolute atomic E-state index is 5.85. The molecule has 1 aromatic carbocycles. The Hall–Kier alpha value is -0.510. The SMILES string of the molecule is S=c1[nH]c2c(Cl)ccc(Cl)c2o1. The van der Waals surface area contributed by atoms with Crippen molar-refractivity contribution < 1.29 is 4.42 Å². The van der Waals surface area contributed by atoms with Gasteiger partial charge in [-0.3, -0.25) is 0 Å². The molecule has 2 rings (SSSR count). The maximum Gasteiger partial charge on any atom is 0.266 e. The predicted molar refractivity (Wildman–Crippen MR) is 51.4 cm³/mol. The second-order valence-corrected chi connectivity index (χ2v) is 3.43. The smallest absolute Gasteiger partial charge is 0.266 e. The number of hydrogen-bond acceptors (Lipinski definition) is 2. The van der Waals surface area contributed by atoms with Gasteiger partial charge in [-0.15, -0.1) is 0 Å². The van der Waals surface area contributed by atoms with Gasteiger partial charge in [-0.2, -0.15) is 0 Å². The summed E-state index contributed by atoms with van der Waals surface area (Å²) in [5, 5.41) is 1.05. The van der Waals surface area contributed by atoms with Gasteiger partial charge >= 0.3 is 0 Å². The fourth-order valence-electron chi connectivity index (χ4n) is 0.970. The van der Waals surface area contributed by atoms with Crippen LogP contribution in [-0.2, 0) is 0 Å². The van der Waals surface area contributed by atoms with Crippen LogP contribution in [0.1, 0.15) is 0 Å². The van der Waals surface area contributed by atoms with Crippen molar-refractivity contribution in [2.75, 3.05) is 0 Å². The molecule has 2 aromatic rings. The van der Waals surface area contributed by atoms with Gasteiger partial charge in [0.05, 0.1) is 10.0 Å². The summed E-state index contributed by atoms with van der Waals surface area (Å²) < 4.78 is 5.12. The van der Waals surface area contributed by atoms with Crippen molar-refractivity contribution in [1.82, 2.24) is 4.98 Å². The Morgan fingerprint density at radius 2 is 1.92 bits per heavy atom. The first-order valence-electron chi connectivity index (χ1n) is 3.15. The van der Waals surface area contributed by atoms with E-state index in [1.807, 2.05) is 0 Å². The fraction of sp³-hybridized carbons (Fsp3) is 0. The highest BCUT2D eigenvalue weighted by Crippen LogP contribution is 2.28. The van der Waals surface area contributed by atoms with Gasteiger partial charge in [-0.05, 0) is 24.4 Å². The second kappa shape index (κ2) is 2.76. The third kappa shape index (κ3) is 1.14. The van der Waals surface area contributed by atoms with Gasteiger partial charge in [-0.1, -0.05) is 23.2 Å². The van der Waals surface area contributed by atoms with Crippen molar-refractivity contribution >= 4 is 46.5 Å². The molecule has 0 saturated carbocycles. The molecular weight excluding hydrogens is 217 g/mol. The van der Waals surface area contributed by atoms with Crippen molar-refractivity contribution in [3.63, 3.8) is 0 Å². The van der Waals surface area contributed by atoms with Gasteiger partial charge in [0.25, 0.3) is 4.84 Å². The summed E-state index contributed by atoms with van der Waals surface area (Å²) in [5.41, 5.74) is 1.16. The molecule has 62 valence electrons. The Morgan fingerprint density at radius 1 is 1.25 bits per heavy atom. The summed E-state index contributed by atoms with van der Waals surface area (Å²) in [4.78, 5) is 3.08. The van der Waals surface area contributed by atoms with E-state index in [2.05, 4.69) is 4.98 Å². The summed E-state index contributed by atoms with van der Waals surface area (Å²) in [6, 6.07) is 3.35. The van der Waals surface area contributed by atoms with Crippen LogP contribution in [-0.4, -0.2) is 4.98 Å². The van der Waals surface area contributed by atoms with Crippen molar-refractivity contribution in [2.24, 2.45) is 0 Å². The lowest BCUT2D eigenvalue weighted by Crippen LogP contribution is -1.71. The highest BCUT2D eigenvalue weighted by molar-refractivity contribution is 7.71. The monoisotopic (exact) mass is 219 g/mol. The number of aromatic nitrogens is 1. The van der Waals surface area contributed by atoms with Crippen LogP contribution in [0.3, 0.4) is 0 Å². The Balaban J connectivity index is 3.03. The van der Waals surface area contributed by atoms with E-state index >= 15 is 0 Å². The molecule has 0 aliphatic heterocycles. The van der Waals surface area contributed by atoms with Gasteiger partial charge in [0.15, 0.2) is 5.58 Å². The molecule has 0 fully saturated rings. The number of benzene rings is 1. The summed E-state index contributed by atoms with van der Waals surface area (Å²) >= 11 is 16.5. The molecule has 0 aliphatic carbocycles. The maximum atomic E-state index is 5.85. The predicted octanol–water partition coefficient (Wildman–Crippen LogP) is 3.80. The molecule has 0 atom stereocenters. The summed E-state index contributed by atoms with van der Waals surface area (Å²) in [7, 11) is 0. The fourth-order valence-corrected chi connectivity index (χ4v) is 1.55. The molecule has 0 aliphatic rings. The molecular formula is C7H3Cl2NOS. The van der Waals surface area contributed by atoms with Crippen LogP contribution in [0.5, 0.6) is 0 Å². The van der Waals surface area contributed by atoms with Crippen molar-refractivity contribution in [1.29, 1.82) is 0 Å². The number of rotatable bonds is 0. The molecule has 0 saturated heterocycles. The molecule has 1 N–H and O–H groups in total. The molecule has 1 aromatic heterocycles. The van der Waals surface area contributed by atoms with Crippen LogP contribution in [0, 0.1) is 4.84 Å². The average Bonchev–Trinajstić information content (AvgIpc) is 2.41. The highest BCUT2D eigenvalue weighted by atomic mass is 35.5. The van der Waals surface area contributed by atoms with Crippen LogP contribution in [0.15, 0.2) is 16.5 Å². The van der Waals surface area contributed by atoms with Crippen LogP contribution in [0.4, 0.5) is 0 Å². The summed E-state index contributed by atoms with van der Waals surface area (Å²) in [6.45, 7) is 0. The van der Waals surface area contributed by atoms with Gasteiger partial charge < -0.3 is 9.40 Å². The first kappa shape index (κ1) is 8.10. The first-order chi connectivity index (χ1) is 5.68. The number of hydrogen-bond donors (Lipinski definition) is 1. The van der Waals surface area contributed by atoms with E-state index in [0.717, 1.165) is 0 Å². The highest BCUT2D eigenvalue weighted by Gasteiger charge is 2.06. The summed E-state index contributed by atoms with van der Waals surface area (Å²) in [5.74, 6) is 0. The molecule has 0 amide bonds. The number of aromatic amines is 1. The normalized spacial score (nSPS) is 10.8. The standard InChI is InChI=1S/C7H3Cl2NOS/c8-3-1-2-4(9)6-5(3)10-7(12)11-6/h1-2H,(H,10,12). The minimum atomic E-state index is 0.278. The molecule has 0 radical (unpaired) electrons. The third-order valence-corrected chi connectivity index (χ3v) is 2.28. The van der Waals surface area contributed by atoms with Crippen molar-refractivity contribution in [3.05, 3.63) is 27.0 Å². The minimum absolute atomic E-state index is 0.278. The number of nitrogens with one attached hydrogen (secondary N) is 1. The molecule has 0 spiro atoms. The lowest BCUT2D eigenvalue weighted by atomic mass is 10.3. The van der Waals surface area contributed by atoms with Gasteiger partial charge in [0.2, 0.25) is 0 Å². The van der Waals surface area contributed by atoms with E-state index in [1.165, 1.54) is 0 Å². The van der Waals surface area contributed by atoms with E-state index in [9.17, 15) is 0 Å². The zero-order valence-corrected chi connectivity index (χ0v) is 8.06. The Morgan fingerprint density at radius 3 is 2.58 bits per heavy atom. The molecule has 2 nitrogen and oxygen atoms in total. The zero-order valence-electron chi connectivity index (χ0n) is 5.73. The van der Waals surface area contributed by atoms with Gasteiger partial charge in [-0.25, -0.2) is 0 Å². The van der Waals surface area contributed by atoms with Gasteiger partial charge in [0, 0.05) is 0 Å². The quantitative estimate of drug-likeness (QED) is 0.684. The lowest BCUT2D eigenvalue weighted by molar-refractivity contribution is 0.583. The minimum Gasteiger partial charge on any atom is -0.428 e. The Kier molecular flexibility index (Phi) is 1.87. The first-order valence-corrected chi connectivity index (χ1v) is 4.32. The topological polar surface area (TPSA) is 28.9 Å². The number of H-pyrrole nitrogens is 1. The van der Waals surface area contributed by atoms with Crippen LogP contribution >= 0.6 is 35.4 Å². The van der Waals surface area contributed by atoms with Crippen molar-refractivity contribution in [3.8, 4) is 0 Å². The molecule has 0 unspecified atom stereocenters. The number of halogens is 2. The number of fused-ring (bicyclic) bond motifs is 1. The Bertz CT molecular complexity index is 446. The summed E-state index contributed by atoms with van der Waals surface area (Å²) in [6.07, 6.45) is 0. The van der Waals surface area contributed by atoms with E-state index in [4.69, 9.17) is 39.8 Å².